The summed E-state index contributed by atoms with van der Waals surface area (Å²) < 4.78 is 9.84. The zero-order chi connectivity index (χ0) is 17.5. The van der Waals surface area contributed by atoms with Crippen molar-refractivity contribution in [3.05, 3.63) is 60.3 Å². The third kappa shape index (κ3) is 3.92. The molecule has 2 aromatic carbocycles. The number of phenols is 1. The standard InChI is InChI=1S/C9H7NO.C9H10O4/c11-8-5-1-3-7-4-2-6-10-9(7)8;1-12-7-4-3-6(9(10)11)5-8(7)13-2/h1-6,11H;3-5H,1-2H3,(H,10,11). The van der Waals surface area contributed by atoms with Gasteiger partial charge in [-0.25, -0.2) is 4.98 Å². The average Bonchev–Trinajstić information content (AvgIpc) is 2.62. The zero-order valence-corrected chi connectivity index (χ0v) is 13.3. The average molecular weight is 327 g/mol. The number of methoxy groups -OCH3 is 2. The maximum Gasteiger partial charge on any atom is 0.252 e. The fraction of sp³-hybridized carbons (Fsp3) is 0.111. The van der Waals surface area contributed by atoms with E-state index >= 15 is 0 Å². The number of hydrogen-bond acceptors (Lipinski definition) is 5. The van der Waals surface area contributed by atoms with E-state index in [0.717, 1.165) is 10.9 Å². The number of para-hydroxylation sites is 1. The predicted molar refractivity (Wildman–Crippen MR) is 86.0 cm³/mol. The zero-order valence-electron chi connectivity index (χ0n) is 13.3. The van der Waals surface area contributed by atoms with E-state index in [-0.39, 0.29) is 5.56 Å². The Morgan fingerprint density at radius 2 is 1.75 bits per heavy atom. The first-order valence-electron chi connectivity index (χ1n) is 7.08. The highest BCUT2D eigenvalue weighted by atomic mass is 16.5. The number of pyridine rings is 1. The lowest BCUT2D eigenvalue weighted by Gasteiger charge is -2.09. The number of benzene rings is 2. The first-order valence-corrected chi connectivity index (χ1v) is 7.08. The molecule has 0 aliphatic heterocycles. The van der Waals surface area contributed by atoms with E-state index in [2.05, 4.69) is 4.98 Å². The minimum absolute atomic E-state index is 0.0673. The van der Waals surface area contributed by atoms with Gasteiger partial charge < -0.3 is 24.5 Å². The molecule has 0 unspecified atom stereocenters. The number of carboxylic acids is 1. The number of H-pyrrole nitrogens is 1. The van der Waals surface area contributed by atoms with Crippen LogP contribution in [0.25, 0.3) is 10.9 Å². The number of carboxylic acid groups (broad SMARTS) is 1. The van der Waals surface area contributed by atoms with Crippen LogP contribution in [0, 0.1) is 0 Å². The maximum absolute atomic E-state index is 10.5. The lowest BCUT2D eigenvalue weighted by molar-refractivity contribution is -0.345. The quantitative estimate of drug-likeness (QED) is 0.785. The molecular formula is C18H17NO5. The monoisotopic (exact) mass is 327 g/mol. The molecule has 3 aromatic rings. The minimum atomic E-state index is -1.24. The molecule has 1 aromatic heterocycles. The summed E-state index contributed by atoms with van der Waals surface area (Å²) in [5, 5.41) is 20.8. The van der Waals surface area contributed by atoms with E-state index in [9.17, 15) is 15.0 Å². The van der Waals surface area contributed by atoms with Gasteiger partial charge in [-0.05, 0) is 36.4 Å². The molecule has 124 valence electrons. The number of aromatic nitrogens is 1. The van der Waals surface area contributed by atoms with Crippen LogP contribution < -0.4 is 19.6 Å². The molecule has 0 atom stereocenters. The lowest BCUT2D eigenvalue weighted by Crippen LogP contribution is -2.22. The van der Waals surface area contributed by atoms with Crippen molar-refractivity contribution >= 4 is 16.9 Å². The number of fused-ring (bicyclic) bond motifs is 1. The smallest absolute Gasteiger partial charge is 0.252 e. The highest BCUT2D eigenvalue weighted by Gasteiger charge is 2.04. The van der Waals surface area contributed by atoms with Crippen molar-refractivity contribution < 1.29 is 29.5 Å². The highest BCUT2D eigenvalue weighted by molar-refractivity contribution is 5.86. The Bertz CT molecular complexity index is 842. The van der Waals surface area contributed by atoms with Crippen LogP contribution in [0.4, 0.5) is 0 Å². The molecule has 0 fully saturated rings. The Labute approximate surface area is 138 Å². The van der Waals surface area contributed by atoms with Crippen LogP contribution in [-0.4, -0.2) is 25.3 Å². The largest absolute Gasteiger partial charge is 0.545 e. The SMILES string of the molecule is COc1ccc(C(=O)[O-])cc1OC.Oc1cccc2ccc[nH+]c12. The predicted octanol–water partition coefficient (Wildman–Crippen LogP) is 1.43. The number of aromatic carboxylic acids is 1. The molecule has 6 nitrogen and oxygen atoms in total. The van der Waals surface area contributed by atoms with Gasteiger partial charge in [-0.15, -0.1) is 0 Å². The molecule has 0 aliphatic rings. The van der Waals surface area contributed by atoms with E-state index in [1.807, 2.05) is 24.3 Å². The van der Waals surface area contributed by atoms with E-state index in [0.29, 0.717) is 17.2 Å². The number of hydrogen-bond donors (Lipinski definition) is 1. The molecule has 6 heteroatoms. The van der Waals surface area contributed by atoms with E-state index in [4.69, 9.17) is 9.47 Å². The van der Waals surface area contributed by atoms with Crippen molar-refractivity contribution in [2.24, 2.45) is 0 Å². The van der Waals surface area contributed by atoms with Gasteiger partial charge in [-0.1, -0.05) is 6.07 Å². The Kier molecular flexibility index (Phi) is 5.57. The fourth-order valence-corrected chi connectivity index (χ4v) is 2.10. The molecule has 0 spiro atoms. The van der Waals surface area contributed by atoms with Crippen LogP contribution in [0.15, 0.2) is 54.7 Å². The van der Waals surface area contributed by atoms with Gasteiger partial charge in [0.15, 0.2) is 23.4 Å². The molecule has 0 saturated heterocycles. The van der Waals surface area contributed by atoms with Gasteiger partial charge in [0, 0.05) is 11.6 Å². The molecule has 2 N–H and O–H groups in total. The summed E-state index contributed by atoms with van der Waals surface area (Å²) in [6.45, 7) is 0. The fourth-order valence-electron chi connectivity index (χ4n) is 2.10. The lowest BCUT2D eigenvalue weighted by atomic mass is 10.2. The number of aromatic amines is 1. The summed E-state index contributed by atoms with van der Waals surface area (Å²) in [4.78, 5) is 13.4. The first kappa shape index (κ1) is 17.1. The number of nitrogens with one attached hydrogen (secondary N) is 1. The van der Waals surface area contributed by atoms with Gasteiger partial charge >= 0.3 is 0 Å². The Morgan fingerprint density at radius 3 is 2.38 bits per heavy atom. The summed E-state index contributed by atoms with van der Waals surface area (Å²) in [5.74, 6) is -0.0687. The van der Waals surface area contributed by atoms with Crippen molar-refractivity contribution in [2.75, 3.05) is 14.2 Å². The number of aromatic hydroxyl groups is 1. The number of rotatable bonds is 3. The molecule has 0 radical (unpaired) electrons. The number of carbonyl (C=O) groups is 1. The van der Waals surface area contributed by atoms with Crippen molar-refractivity contribution in [1.29, 1.82) is 0 Å². The van der Waals surface area contributed by atoms with Crippen LogP contribution >= 0.6 is 0 Å². The number of carbonyl (C=O) groups excluding carboxylic acids is 1. The van der Waals surface area contributed by atoms with E-state index in [1.165, 1.54) is 32.4 Å². The van der Waals surface area contributed by atoms with Crippen LogP contribution in [0.2, 0.25) is 0 Å². The second-order valence-electron chi connectivity index (χ2n) is 4.77. The van der Waals surface area contributed by atoms with Gasteiger partial charge in [0.2, 0.25) is 0 Å². The second-order valence-corrected chi connectivity index (χ2v) is 4.77. The third-order valence-electron chi connectivity index (χ3n) is 3.29. The Hall–Kier alpha value is -3.28. The topological polar surface area (TPSA) is 93.0 Å². The molecule has 3 rings (SSSR count). The molecule has 24 heavy (non-hydrogen) atoms. The van der Waals surface area contributed by atoms with Crippen molar-refractivity contribution in [2.45, 2.75) is 0 Å². The number of ether oxygens (including phenoxy) is 2. The van der Waals surface area contributed by atoms with Crippen LogP contribution in [0.5, 0.6) is 17.2 Å². The molecule has 1 heterocycles. The summed E-state index contributed by atoms with van der Waals surface area (Å²) in [7, 11) is 2.92. The Morgan fingerprint density at radius 1 is 1.04 bits per heavy atom. The third-order valence-corrected chi connectivity index (χ3v) is 3.29. The van der Waals surface area contributed by atoms with Gasteiger partial charge in [0.1, 0.15) is 0 Å². The first-order chi connectivity index (χ1) is 11.6. The molecule has 0 bridgehead atoms. The van der Waals surface area contributed by atoms with E-state index < -0.39 is 5.97 Å². The summed E-state index contributed by atoms with van der Waals surface area (Å²) in [6.07, 6.45) is 1.79. The highest BCUT2D eigenvalue weighted by Crippen LogP contribution is 2.27. The summed E-state index contributed by atoms with van der Waals surface area (Å²) in [6, 6.07) is 13.6. The normalized spacial score (nSPS) is 9.75. The van der Waals surface area contributed by atoms with Crippen LogP contribution in [0.3, 0.4) is 0 Å². The van der Waals surface area contributed by atoms with Gasteiger partial charge in [0.05, 0.1) is 25.6 Å². The van der Waals surface area contributed by atoms with Gasteiger partial charge in [0.25, 0.3) is 5.52 Å². The van der Waals surface area contributed by atoms with Crippen LogP contribution in [0.1, 0.15) is 10.4 Å². The molecule has 0 saturated carbocycles. The summed E-state index contributed by atoms with van der Waals surface area (Å²) >= 11 is 0. The maximum atomic E-state index is 10.5. The van der Waals surface area contributed by atoms with E-state index in [1.54, 1.807) is 12.3 Å². The van der Waals surface area contributed by atoms with Crippen molar-refractivity contribution in [3.8, 4) is 17.2 Å². The molecular weight excluding hydrogens is 310 g/mol. The molecule has 0 aliphatic carbocycles. The minimum Gasteiger partial charge on any atom is -0.545 e. The van der Waals surface area contributed by atoms with Gasteiger partial charge in [-0.2, -0.15) is 0 Å². The second kappa shape index (κ2) is 7.82. The van der Waals surface area contributed by atoms with Crippen LogP contribution in [-0.2, 0) is 0 Å². The van der Waals surface area contributed by atoms with Gasteiger partial charge in [-0.3, -0.25) is 0 Å². The van der Waals surface area contributed by atoms with Crippen molar-refractivity contribution in [3.63, 3.8) is 0 Å². The molecule has 0 amide bonds. The summed E-state index contributed by atoms with van der Waals surface area (Å²) in [5.41, 5.74) is 0.854. The van der Waals surface area contributed by atoms with Crippen molar-refractivity contribution in [1.82, 2.24) is 0 Å². The number of phenolic OH excluding ortho intramolecular Hbond substituents is 1. The Balaban J connectivity index is 0.000000175.